The Kier molecular flexibility index (Phi) is 4.01. The Morgan fingerprint density at radius 1 is 1.21 bits per heavy atom. The minimum absolute atomic E-state index is 0.116. The molecule has 0 aliphatic carbocycles. The zero-order valence-corrected chi connectivity index (χ0v) is 13.1. The van der Waals surface area contributed by atoms with Gasteiger partial charge in [0.05, 0.1) is 17.5 Å². The molecule has 0 N–H and O–H groups in total. The molecule has 0 aliphatic rings. The van der Waals surface area contributed by atoms with Crippen molar-refractivity contribution < 1.29 is 18.3 Å². The Labute approximate surface area is 135 Å². The Balaban J connectivity index is 2.39. The molecule has 0 unspecified atom stereocenters. The molecule has 3 aromatic rings. The van der Waals surface area contributed by atoms with Gasteiger partial charge in [-0.25, -0.2) is 18.6 Å². The molecule has 0 atom stereocenters. The third kappa shape index (κ3) is 2.51. The maximum absolute atomic E-state index is 13.4. The lowest BCUT2D eigenvalue weighted by Crippen LogP contribution is -2.21. The molecule has 2 aromatic heterocycles. The van der Waals surface area contributed by atoms with Gasteiger partial charge >= 0.3 is 5.97 Å². The van der Waals surface area contributed by atoms with Gasteiger partial charge in [0.2, 0.25) is 5.43 Å². The van der Waals surface area contributed by atoms with E-state index in [9.17, 15) is 18.4 Å². The second-order valence-corrected chi connectivity index (χ2v) is 5.20. The van der Waals surface area contributed by atoms with Crippen molar-refractivity contribution >= 4 is 27.9 Å². The number of pyridine rings is 2. The summed E-state index contributed by atoms with van der Waals surface area (Å²) in [4.78, 5) is 28.8. The lowest BCUT2D eigenvalue weighted by molar-refractivity contribution is 0.0524. The van der Waals surface area contributed by atoms with E-state index < -0.39 is 23.0 Å². The van der Waals surface area contributed by atoms with Gasteiger partial charge in [-0.2, -0.15) is 0 Å². The molecule has 0 fully saturated rings. The van der Waals surface area contributed by atoms with Gasteiger partial charge in [-0.05, 0) is 26.0 Å². The molecular weight excluding hydrogens is 318 g/mol. The van der Waals surface area contributed by atoms with Crippen LogP contribution in [-0.2, 0) is 11.3 Å². The Hall–Kier alpha value is -2.83. The van der Waals surface area contributed by atoms with Crippen LogP contribution < -0.4 is 5.43 Å². The first-order valence-electron chi connectivity index (χ1n) is 7.46. The van der Waals surface area contributed by atoms with E-state index in [2.05, 4.69) is 4.98 Å². The maximum Gasteiger partial charge on any atom is 0.343 e. The summed E-state index contributed by atoms with van der Waals surface area (Å²) in [5.74, 6) is -2.76. The predicted molar refractivity (Wildman–Crippen MR) is 85.1 cm³/mol. The van der Waals surface area contributed by atoms with Crippen LogP contribution in [0.2, 0.25) is 0 Å². The zero-order chi connectivity index (χ0) is 17.4. The molecule has 0 saturated heterocycles. The number of fused-ring (bicyclic) bond motifs is 2. The summed E-state index contributed by atoms with van der Waals surface area (Å²) in [5.41, 5.74) is -0.136. The lowest BCUT2D eigenvalue weighted by atomic mass is 10.1. The number of esters is 1. The van der Waals surface area contributed by atoms with E-state index >= 15 is 0 Å². The molecule has 0 radical (unpaired) electrons. The van der Waals surface area contributed by atoms with Crippen LogP contribution in [0.4, 0.5) is 8.78 Å². The lowest BCUT2D eigenvalue weighted by Gasteiger charge is -2.11. The smallest absolute Gasteiger partial charge is 0.343 e. The van der Waals surface area contributed by atoms with Gasteiger partial charge in [0.15, 0.2) is 11.6 Å². The van der Waals surface area contributed by atoms with Crippen molar-refractivity contribution in [3.05, 3.63) is 51.8 Å². The SMILES string of the molecule is CCOC(=O)c1cn(CC)c2nc3cc(F)c(F)cc3cc2c1=O. The fourth-order valence-corrected chi connectivity index (χ4v) is 2.56. The monoisotopic (exact) mass is 332 g/mol. The van der Waals surface area contributed by atoms with Crippen molar-refractivity contribution in [1.29, 1.82) is 0 Å². The highest BCUT2D eigenvalue weighted by atomic mass is 19.2. The second-order valence-electron chi connectivity index (χ2n) is 5.20. The van der Waals surface area contributed by atoms with Gasteiger partial charge in [-0.3, -0.25) is 4.79 Å². The number of aromatic nitrogens is 2. The van der Waals surface area contributed by atoms with Gasteiger partial charge < -0.3 is 9.30 Å². The van der Waals surface area contributed by atoms with Crippen molar-refractivity contribution in [3.8, 4) is 0 Å². The number of rotatable bonds is 3. The number of aryl methyl sites for hydroxylation is 1. The van der Waals surface area contributed by atoms with Gasteiger partial charge in [0, 0.05) is 24.2 Å². The predicted octanol–water partition coefficient (Wildman–Crippen LogP) is 3.02. The van der Waals surface area contributed by atoms with Gasteiger partial charge in [0.1, 0.15) is 11.2 Å². The van der Waals surface area contributed by atoms with E-state index in [1.54, 1.807) is 11.5 Å². The quantitative estimate of drug-likeness (QED) is 0.546. The normalized spacial score (nSPS) is 11.2. The van der Waals surface area contributed by atoms with Crippen LogP contribution >= 0.6 is 0 Å². The Morgan fingerprint density at radius 3 is 2.58 bits per heavy atom. The van der Waals surface area contributed by atoms with Crippen molar-refractivity contribution in [2.24, 2.45) is 0 Å². The summed E-state index contributed by atoms with van der Waals surface area (Å²) in [7, 11) is 0. The topological polar surface area (TPSA) is 61.2 Å². The molecule has 7 heteroatoms. The number of carbonyl (C=O) groups excluding carboxylic acids is 1. The molecule has 3 rings (SSSR count). The largest absolute Gasteiger partial charge is 0.462 e. The van der Waals surface area contributed by atoms with Crippen LogP contribution in [0.1, 0.15) is 24.2 Å². The number of nitrogens with zero attached hydrogens (tertiary/aromatic N) is 2. The van der Waals surface area contributed by atoms with Crippen molar-refractivity contribution in [1.82, 2.24) is 9.55 Å². The average Bonchev–Trinajstić information content (AvgIpc) is 2.55. The molecule has 0 aliphatic heterocycles. The number of hydrogen-bond acceptors (Lipinski definition) is 4. The molecular formula is C17H14F2N2O3. The van der Waals surface area contributed by atoms with Crippen LogP contribution in [0.15, 0.2) is 29.2 Å². The van der Waals surface area contributed by atoms with Crippen LogP contribution in [0, 0.1) is 11.6 Å². The van der Waals surface area contributed by atoms with E-state index in [0.29, 0.717) is 12.2 Å². The van der Waals surface area contributed by atoms with E-state index in [-0.39, 0.29) is 28.5 Å². The number of ether oxygens (including phenoxy) is 1. The van der Waals surface area contributed by atoms with E-state index in [4.69, 9.17) is 4.74 Å². The van der Waals surface area contributed by atoms with E-state index in [0.717, 1.165) is 12.1 Å². The Morgan fingerprint density at radius 2 is 1.92 bits per heavy atom. The van der Waals surface area contributed by atoms with Crippen LogP contribution in [0.5, 0.6) is 0 Å². The summed E-state index contributed by atoms with van der Waals surface area (Å²) in [5, 5.41) is 0.433. The standard InChI is InChI=1S/C17H14F2N2O3/c1-3-21-8-11(17(23)24-4-2)15(22)10-5-9-6-12(18)13(19)7-14(9)20-16(10)21/h5-8H,3-4H2,1-2H3. The number of benzene rings is 1. The fourth-order valence-electron chi connectivity index (χ4n) is 2.56. The van der Waals surface area contributed by atoms with Crippen LogP contribution in [-0.4, -0.2) is 22.1 Å². The summed E-state index contributed by atoms with van der Waals surface area (Å²) in [6.07, 6.45) is 1.38. The molecule has 0 bridgehead atoms. The highest BCUT2D eigenvalue weighted by Gasteiger charge is 2.18. The van der Waals surface area contributed by atoms with E-state index in [1.165, 1.54) is 12.3 Å². The third-order valence-corrected chi connectivity index (χ3v) is 3.72. The maximum atomic E-state index is 13.4. The molecule has 0 saturated carbocycles. The first-order chi connectivity index (χ1) is 11.5. The van der Waals surface area contributed by atoms with Crippen LogP contribution in [0.3, 0.4) is 0 Å². The Bertz CT molecular complexity index is 1030. The van der Waals surface area contributed by atoms with Gasteiger partial charge in [0.25, 0.3) is 0 Å². The molecule has 24 heavy (non-hydrogen) atoms. The minimum atomic E-state index is -1.03. The average molecular weight is 332 g/mol. The molecule has 0 amide bonds. The highest BCUT2D eigenvalue weighted by Crippen LogP contribution is 2.21. The van der Waals surface area contributed by atoms with Crippen molar-refractivity contribution in [2.75, 3.05) is 6.61 Å². The highest BCUT2D eigenvalue weighted by molar-refractivity contribution is 5.96. The molecule has 1 aromatic carbocycles. The first-order valence-corrected chi connectivity index (χ1v) is 7.46. The van der Waals surface area contributed by atoms with Gasteiger partial charge in [-0.15, -0.1) is 0 Å². The zero-order valence-electron chi connectivity index (χ0n) is 13.1. The summed E-state index contributed by atoms with van der Waals surface area (Å²) in [6, 6.07) is 3.37. The molecule has 2 heterocycles. The minimum Gasteiger partial charge on any atom is -0.462 e. The fraction of sp³-hybridized carbons (Fsp3) is 0.235. The molecule has 0 spiro atoms. The van der Waals surface area contributed by atoms with Crippen LogP contribution in [0.25, 0.3) is 21.9 Å². The second kappa shape index (κ2) is 5.99. The summed E-state index contributed by atoms with van der Waals surface area (Å²) in [6.45, 7) is 4.04. The number of carbonyl (C=O) groups is 1. The van der Waals surface area contributed by atoms with Crippen molar-refractivity contribution in [3.63, 3.8) is 0 Å². The van der Waals surface area contributed by atoms with E-state index in [1.807, 2.05) is 6.92 Å². The first kappa shape index (κ1) is 16.0. The van der Waals surface area contributed by atoms with Crippen molar-refractivity contribution in [2.45, 2.75) is 20.4 Å². The summed E-state index contributed by atoms with van der Waals surface area (Å²) < 4.78 is 33.4. The molecule has 124 valence electrons. The third-order valence-electron chi connectivity index (χ3n) is 3.72. The summed E-state index contributed by atoms with van der Waals surface area (Å²) >= 11 is 0. The molecule has 5 nitrogen and oxygen atoms in total. The number of hydrogen-bond donors (Lipinski definition) is 0. The number of halogens is 2. The van der Waals surface area contributed by atoms with Gasteiger partial charge in [-0.1, -0.05) is 0 Å².